The molecule has 1 aromatic carbocycles. The number of imidazole rings is 1. The molecule has 31 heavy (non-hydrogen) atoms. The lowest BCUT2D eigenvalue weighted by Gasteiger charge is -2.40. The maximum absolute atomic E-state index is 13.1. The van der Waals surface area contributed by atoms with E-state index >= 15 is 0 Å². The molecular formula is C25H30N4O2. The largest absolute Gasteiger partial charge is 0.497 e. The van der Waals surface area contributed by atoms with Gasteiger partial charge in [-0.25, -0.2) is 4.98 Å². The van der Waals surface area contributed by atoms with Crippen LogP contribution < -0.4 is 4.74 Å². The smallest absolute Gasteiger partial charge is 0.274 e. The summed E-state index contributed by atoms with van der Waals surface area (Å²) in [6.45, 7) is 4.10. The van der Waals surface area contributed by atoms with Gasteiger partial charge in [-0.1, -0.05) is 18.6 Å². The molecular weight excluding hydrogens is 388 g/mol. The first kappa shape index (κ1) is 20.1. The van der Waals surface area contributed by atoms with Gasteiger partial charge >= 0.3 is 0 Å². The zero-order valence-corrected chi connectivity index (χ0v) is 18.2. The minimum atomic E-state index is 0.0480. The highest BCUT2D eigenvalue weighted by Gasteiger charge is 2.28. The highest BCUT2D eigenvalue weighted by Crippen LogP contribution is 2.24. The first-order valence-electron chi connectivity index (χ1n) is 11.4. The van der Waals surface area contributed by atoms with Crippen molar-refractivity contribution in [1.82, 2.24) is 19.2 Å². The van der Waals surface area contributed by atoms with Gasteiger partial charge in [0.05, 0.1) is 7.11 Å². The number of piperidine rings is 2. The first-order valence-corrected chi connectivity index (χ1v) is 11.4. The number of likely N-dealkylation sites (tertiary alicyclic amines) is 2. The average Bonchev–Trinajstić information content (AvgIpc) is 3.28. The van der Waals surface area contributed by atoms with Gasteiger partial charge < -0.3 is 18.9 Å². The summed E-state index contributed by atoms with van der Waals surface area (Å²) in [7, 11) is 1.67. The second-order valence-corrected chi connectivity index (χ2v) is 8.66. The molecule has 0 atom stereocenters. The van der Waals surface area contributed by atoms with Crippen molar-refractivity contribution in [3.63, 3.8) is 0 Å². The van der Waals surface area contributed by atoms with Crippen molar-refractivity contribution >= 4 is 11.6 Å². The molecule has 0 radical (unpaired) electrons. The monoisotopic (exact) mass is 418 g/mol. The van der Waals surface area contributed by atoms with Crippen LogP contribution in [0, 0.1) is 0 Å². The lowest BCUT2D eigenvalue weighted by Crippen LogP contribution is -2.48. The lowest BCUT2D eigenvalue weighted by atomic mass is 10.00. The second-order valence-electron chi connectivity index (χ2n) is 8.66. The SMILES string of the molecule is COc1ccc(-c2ccc3nc(C(=O)N4CCC(N5CCCCC5)CC4)cn3c2)cc1. The molecule has 0 aliphatic carbocycles. The van der Waals surface area contributed by atoms with Crippen LogP contribution in [-0.2, 0) is 0 Å². The number of hydrogen-bond donors (Lipinski definition) is 0. The van der Waals surface area contributed by atoms with Gasteiger partial charge in [0.1, 0.15) is 17.1 Å². The number of amides is 1. The van der Waals surface area contributed by atoms with Crippen LogP contribution in [0.15, 0.2) is 48.8 Å². The van der Waals surface area contributed by atoms with Crippen LogP contribution in [-0.4, -0.2) is 64.4 Å². The van der Waals surface area contributed by atoms with Gasteiger partial charge in [-0.15, -0.1) is 0 Å². The molecule has 162 valence electrons. The Morgan fingerprint density at radius 2 is 1.61 bits per heavy atom. The van der Waals surface area contributed by atoms with E-state index in [0.717, 1.165) is 48.5 Å². The fourth-order valence-corrected chi connectivity index (χ4v) is 4.93. The average molecular weight is 419 g/mol. The van der Waals surface area contributed by atoms with Crippen molar-refractivity contribution in [2.24, 2.45) is 0 Å². The third kappa shape index (κ3) is 4.17. The van der Waals surface area contributed by atoms with Crippen LogP contribution in [0.2, 0.25) is 0 Å². The molecule has 6 heteroatoms. The second kappa shape index (κ2) is 8.71. The molecule has 2 aromatic heterocycles. The zero-order valence-electron chi connectivity index (χ0n) is 18.2. The van der Waals surface area contributed by atoms with E-state index < -0.39 is 0 Å². The number of hydrogen-bond acceptors (Lipinski definition) is 4. The number of fused-ring (bicyclic) bond motifs is 1. The quantitative estimate of drug-likeness (QED) is 0.640. The molecule has 0 unspecified atom stereocenters. The molecule has 4 heterocycles. The number of aromatic nitrogens is 2. The normalized spacial score (nSPS) is 18.4. The van der Waals surface area contributed by atoms with E-state index in [2.05, 4.69) is 9.88 Å². The summed E-state index contributed by atoms with van der Waals surface area (Å²) in [5.41, 5.74) is 3.50. The molecule has 2 aliphatic heterocycles. The summed E-state index contributed by atoms with van der Waals surface area (Å²) < 4.78 is 7.20. The number of ether oxygens (including phenoxy) is 1. The van der Waals surface area contributed by atoms with Gasteiger partial charge in [0.2, 0.25) is 0 Å². The van der Waals surface area contributed by atoms with Crippen molar-refractivity contribution in [3.05, 3.63) is 54.5 Å². The fraction of sp³-hybridized carbons (Fsp3) is 0.440. The summed E-state index contributed by atoms with van der Waals surface area (Å²) in [4.78, 5) is 22.3. The number of nitrogens with zero attached hydrogens (tertiary/aromatic N) is 4. The van der Waals surface area contributed by atoms with Crippen LogP contribution >= 0.6 is 0 Å². The first-order chi connectivity index (χ1) is 15.2. The van der Waals surface area contributed by atoms with Gasteiger partial charge in [-0.05, 0) is 74.2 Å². The van der Waals surface area contributed by atoms with E-state index in [9.17, 15) is 4.79 Å². The van der Waals surface area contributed by atoms with Crippen LogP contribution in [0.5, 0.6) is 5.75 Å². The fourth-order valence-electron chi connectivity index (χ4n) is 4.93. The van der Waals surface area contributed by atoms with E-state index in [1.807, 2.05) is 58.1 Å². The van der Waals surface area contributed by atoms with Gasteiger partial charge in [-0.2, -0.15) is 0 Å². The van der Waals surface area contributed by atoms with Crippen molar-refractivity contribution in [1.29, 1.82) is 0 Å². The van der Waals surface area contributed by atoms with Crippen LogP contribution in [0.3, 0.4) is 0 Å². The minimum Gasteiger partial charge on any atom is -0.497 e. The Hall–Kier alpha value is -2.86. The minimum absolute atomic E-state index is 0.0480. The molecule has 0 N–H and O–H groups in total. The Morgan fingerprint density at radius 1 is 0.903 bits per heavy atom. The number of methoxy groups -OCH3 is 1. The molecule has 0 bridgehead atoms. The van der Waals surface area contributed by atoms with Gasteiger partial charge in [0.25, 0.3) is 5.91 Å². The molecule has 0 spiro atoms. The Morgan fingerprint density at radius 3 is 2.32 bits per heavy atom. The third-order valence-corrected chi connectivity index (χ3v) is 6.75. The number of carbonyl (C=O) groups excluding carboxylic acids is 1. The lowest BCUT2D eigenvalue weighted by molar-refractivity contribution is 0.0585. The van der Waals surface area contributed by atoms with Crippen LogP contribution in [0.1, 0.15) is 42.6 Å². The predicted octanol–water partition coefficient (Wildman–Crippen LogP) is 4.10. The van der Waals surface area contributed by atoms with E-state index in [1.165, 1.54) is 32.4 Å². The third-order valence-electron chi connectivity index (χ3n) is 6.75. The number of pyridine rings is 1. The molecule has 5 rings (SSSR count). The van der Waals surface area contributed by atoms with Crippen LogP contribution in [0.4, 0.5) is 0 Å². The van der Waals surface area contributed by atoms with Crippen molar-refractivity contribution in [3.8, 4) is 16.9 Å². The summed E-state index contributed by atoms with van der Waals surface area (Å²) in [5, 5.41) is 0. The Kier molecular flexibility index (Phi) is 5.64. The van der Waals surface area contributed by atoms with Gasteiger partial charge in [0.15, 0.2) is 0 Å². The number of carbonyl (C=O) groups is 1. The number of rotatable bonds is 4. The summed E-state index contributed by atoms with van der Waals surface area (Å²) in [6.07, 6.45) is 10.0. The van der Waals surface area contributed by atoms with Crippen molar-refractivity contribution in [2.75, 3.05) is 33.3 Å². The van der Waals surface area contributed by atoms with Gasteiger partial charge in [-0.3, -0.25) is 4.79 Å². The molecule has 3 aromatic rings. The van der Waals surface area contributed by atoms with Crippen molar-refractivity contribution in [2.45, 2.75) is 38.1 Å². The molecule has 2 saturated heterocycles. The van der Waals surface area contributed by atoms with E-state index in [-0.39, 0.29) is 5.91 Å². The molecule has 6 nitrogen and oxygen atoms in total. The molecule has 0 saturated carbocycles. The molecule has 1 amide bonds. The maximum atomic E-state index is 13.1. The summed E-state index contributed by atoms with van der Waals surface area (Å²) in [5.74, 6) is 0.885. The highest BCUT2D eigenvalue weighted by molar-refractivity contribution is 5.93. The summed E-state index contributed by atoms with van der Waals surface area (Å²) in [6, 6.07) is 12.6. The Balaban J connectivity index is 1.28. The topological polar surface area (TPSA) is 50.1 Å². The van der Waals surface area contributed by atoms with E-state index in [1.54, 1.807) is 7.11 Å². The van der Waals surface area contributed by atoms with Crippen molar-refractivity contribution < 1.29 is 9.53 Å². The summed E-state index contributed by atoms with van der Waals surface area (Å²) >= 11 is 0. The molecule has 2 fully saturated rings. The Labute approximate surface area is 183 Å². The number of benzene rings is 1. The van der Waals surface area contributed by atoms with Gasteiger partial charge in [0, 0.05) is 31.5 Å². The standard InChI is InChI=1S/C25H30N4O2/c1-31-22-8-5-19(6-9-22)20-7-10-24-26-23(18-29(24)17-20)25(30)28-15-11-21(12-16-28)27-13-3-2-4-14-27/h5-10,17-18,21H,2-4,11-16H2,1H3. The maximum Gasteiger partial charge on any atom is 0.274 e. The van der Waals surface area contributed by atoms with E-state index in [0.29, 0.717) is 11.7 Å². The Bertz CT molecular complexity index is 1050. The predicted molar refractivity (Wildman–Crippen MR) is 122 cm³/mol. The van der Waals surface area contributed by atoms with E-state index in [4.69, 9.17) is 4.74 Å². The molecule has 2 aliphatic rings. The highest BCUT2D eigenvalue weighted by atomic mass is 16.5. The van der Waals surface area contributed by atoms with Crippen LogP contribution in [0.25, 0.3) is 16.8 Å². The zero-order chi connectivity index (χ0) is 21.2.